The summed E-state index contributed by atoms with van der Waals surface area (Å²) in [4.78, 5) is 5.61. The molecule has 2 nitrogen and oxygen atoms in total. The lowest BCUT2D eigenvalue weighted by Crippen LogP contribution is -1.88. The number of hydrogen-bond acceptors (Lipinski definition) is 3. The number of aromatic nitrogens is 1. The minimum Gasteiger partial charge on any atom is -0.455 e. The SMILES string of the molecule is [2H]C([2H])c1cnc(-c2cccc3c2oc2ccc4sc(C)cc4c23)cc1C([2H])([2H])[2H]. The number of fused-ring (bicyclic) bond motifs is 5. The van der Waals surface area contributed by atoms with Crippen LogP contribution in [0.15, 0.2) is 53.1 Å². The fourth-order valence-electron chi connectivity index (χ4n) is 3.35. The van der Waals surface area contributed by atoms with Crippen molar-refractivity contribution in [2.45, 2.75) is 20.7 Å². The van der Waals surface area contributed by atoms with Gasteiger partial charge in [0.25, 0.3) is 0 Å². The van der Waals surface area contributed by atoms with Gasteiger partial charge in [0.05, 0.1) is 5.69 Å². The molecule has 0 unspecified atom stereocenters. The number of pyridine rings is 1. The first-order valence-electron chi connectivity index (χ1n) is 10.6. The van der Waals surface area contributed by atoms with Gasteiger partial charge < -0.3 is 4.42 Å². The lowest BCUT2D eigenvalue weighted by molar-refractivity contribution is 0.670. The van der Waals surface area contributed by atoms with Gasteiger partial charge in [-0.15, -0.1) is 11.3 Å². The second kappa shape index (κ2) is 5.17. The highest BCUT2D eigenvalue weighted by Crippen LogP contribution is 2.40. The van der Waals surface area contributed by atoms with Crippen LogP contribution >= 0.6 is 11.3 Å². The average Bonchev–Trinajstić information content (AvgIpc) is 3.25. The van der Waals surface area contributed by atoms with Gasteiger partial charge in [-0.25, -0.2) is 0 Å². The number of thiophene rings is 1. The summed E-state index contributed by atoms with van der Waals surface area (Å²) >= 11 is 1.74. The summed E-state index contributed by atoms with van der Waals surface area (Å²) in [6.45, 7) is -1.77. The Labute approximate surface area is 156 Å². The van der Waals surface area contributed by atoms with E-state index in [0.717, 1.165) is 21.7 Å². The fraction of sp³-hybridized carbons (Fsp3) is 0.136. The van der Waals surface area contributed by atoms with Crippen molar-refractivity contribution >= 4 is 43.4 Å². The molecule has 3 aromatic heterocycles. The summed E-state index contributed by atoms with van der Waals surface area (Å²) in [6, 6.07) is 13.4. The van der Waals surface area contributed by atoms with E-state index in [0.29, 0.717) is 16.8 Å². The Morgan fingerprint density at radius 2 is 2.04 bits per heavy atom. The maximum absolute atomic E-state index is 7.83. The summed E-state index contributed by atoms with van der Waals surface area (Å²) in [6.07, 6.45) is 1.32. The molecule has 122 valence electrons. The number of furan rings is 1. The molecule has 0 bridgehead atoms. The first kappa shape index (κ1) is 10.4. The molecule has 5 aromatic rings. The molecule has 0 fully saturated rings. The molecule has 0 aliphatic rings. The van der Waals surface area contributed by atoms with Crippen molar-refractivity contribution in [2.75, 3.05) is 0 Å². The smallest absolute Gasteiger partial charge is 0.144 e. The third-order valence-corrected chi connectivity index (χ3v) is 5.51. The number of para-hydroxylation sites is 1. The highest BCUT2D eigenvalue weighted by Gasteiger charge is 2.16. The Balaban J connectivity index is 1.81. The van der Waals surface area contributed by atoms with Crippen LogP contribution in [-0.4, -0.2) is 4.98 Å². The molecule has 3 heteroatoms. The van der Waals surface area contributed by atoms with Crippen molar-refractivity contribution in [3.8, 4) is 11.3 Å². The average molecular weight is 348 g/mol. The molecule has 0 N–H and O–H groups in total. The first-order chi connectivity index (χ1) is 14.2. The van der Waals surface area contributed by atoms with Gasteiger partial charge in [-0.1, -0.05) is 12.1 Å². The number of nitrogens with zero attached hydrogens (tertiary/aromatic N) is 1. The van der Waals surface area contributed by atoms with Crippen molar-refractivity contribution in [2.24, 2.45) is 0 Å². The molecule has 0 atom stereocenters. The Morgan fingerprint density at radius 1 is 1.08 bits per heavy atom. The second-order valence-corrected chi connectivity index (χ2v) is 7.44. The Morgan fingerprint density at radius 3 is 2.92 bits per heavy atom. The van der Waals surface area contributed by atoms with E-state index < -0.39 is 13.7 Å². The van der Waals surface area contributed by atoms with Crippen molar-refractivity contribution in [1.82, 2.24) is 4.98 Å². The number of aryl methyl sites for hydroxylation is 3. The van der Waals surface area contributed by atoms with Crippen LogP contribution < -0.4 is 0 Å². The van der Waals surface area contributed by atoms with Crippen LogP contribution in [0.1, 0.15) is 22.9 Å². The minimum atomic E-state index is -2.44. The molecule has 2 aromatic carbocycles. The molecule has 0 aliphatic carbocycles. The molecule has 0 spiro atoms. The Hall–Kier alpha value is -2.65. The minimum absolute atomic E-state index is 0.0218. The predicted octanol–water partition coefficient (Wildman–Crippen LogP) is 6.79. The molecule has 25 heavy (non-hydrogen) atoms. The van der Waals surface area contributed by atoms with Gasteiger partial charge in [-0.3, -0.25) is 4.98 Å². The molecule has 0 saturated carbocycles. The van der Waals surface area contributed by atoms with Gasteiger partial charge >= 0.3 is 0 Å². The molecule has 3 heterocycles. The largest absolute Gasteiger partial charge is 0.455 e. The standard InChI is InChI=1S/C22H17NOS/c1-12-9-18(23-11-13(12)2)15-5-4-6-16-21-17-10-14(3)25-20(17)8-7-19(21)24-22(15)16/h4-11H,1-3H3/i1D3,2D2. The van der Waals surface area contributed by atoms with Crippen LogP contribution in [0, 0.1) is 20.7 Å². The second-order valence-electron chi connectivity index (χ2n) is 6.15. The van der Waals surface area contributed by atoms with E-state index in [1.807, 2.05) is 24.3 Å². The maximum atomic E-state index is 7.83. The lowest BCUT2D eigenvalue weighted by Gasteiger charge is -2.05. The topological polar surface area (TPSA) is 26.0 Å². The zero-order valence-corrected chi connectivity index (χ0v) is 14.3. The summed E-state index contributed by atoms with van der Waals surface area (Å²) < 4.78 is 46.2. The number of benzene rings is 2. The molecule has 0 amide bonds. The van der Waals surface area contributed by atoms with Crippen molar-refractivity contribution < 1.29 is 11.3 Å². The quantitative estimate of drug-likeness (QED) is 0.333. The van der Waals surface area contributed by atoms with E-state index in [1.54, 1.807) is 11.3 Å². The molecule has 0 radical (unpaired) electrons. The predicted molar refractivity (Wildman–Crippen MR) is 107 cm³/mol. The zero-order chi connectivity index (χ0) is 21.2. The third kappa shape index (κ3) is 2.12. The molecular formula is C22H17NOS. The van der Waals surface area contributed by atoms with E-state index in [2.05, 4.69) is 24.0 Å². The summed E-state index contributed by atoms with van der Waals surface area (Å²) in [5.41, 5.74) is 2.62. The monoisotopic (exact) mass is 348 g/mol. The number of hydrogen-bond donors (Lipinski definition) is 0. The van der Waals surface area contributed by atoms with Gasteiger partial charge in [0.2, 0.25) is 0 Å². The summed E-state index contributed by atoms with van der Waals surface area (Å²) in [5.74, 6) is 0. The van der Waals surface area contributed by atoms with Gasteiger partial charge in [0.1, 0.15) is 11.2 Å². The highest BCUT2D eigenvalue weighted by molar-refractivity contribution is 7.19. The van der Waals surface area contributed by atoms with Crippen LogP contribution in [0.3, 0.4) is 0 Å². The number of rotatable bonds is 1. The zero-order valence-electron chi connectivity index (χ0n) is 18.5. The molecule has 5 rings (SSSR count). The third-order valence-electron chi connectivity index (χ3n) is 4.49. The van der Waals surface area contributed by atoms with Crippen LogP contribution in [0.2, 0.25) is 0 Å². The normalized spacial score (nSPS) is 15.4. The van der Waals surface area contributed by atoms with E-state index in [9.17, 15) is 0 Å². The first-order valence-corrected chi connectivity index (χ1v) is 8.75. The van der Waals surface area contributed by atoms with E-state index in [-0.39, 0.29) is 11.1 Å². The van der Waals surface area contributed by atoms with Crippen LogP contribution in [0.25, 0.3) is 43.3 Å². The highest BCUT2D eigenvalue weighted by atomic mass is 32.1. The maximum Gasteiger partial charge on any atom is 0.144 e. The molecular weight excluding hydrogens is 326 g/mol. The summed E-state index contributed by atoms with van der Waals surface area (Å²) in [7, 11) is 0. The van der Waals surface area contributed by atoms with Crippen molar-refractivity contribution in [3.63, 3.8) is 0 Å². The molecule has 0 saturated heterocycles. The van der Waals surface area contributed by atoms with E-state index in [4.69, 9.17) is 11.3 Å². The van der Waals surface area contributed by atoms with Crippen LogP contribution in [0.5, 0.6) is 0 Å². The Kier molecular flexibility index (Phi) is 2.14. The van der Waals surface area contributed by atoms with E-state index >= 15 is 0 Å². The van der Waals surface area contributed by atoms with Crippen molar-refractivity contribution in [1.29, 1.82) is 0 Å². The van der Waals surface area contributed by atoms with Gasteiger partial charge in [-0.05, 0) is 62.1 Å². The van der Waals surface area contributed by atoms with E-state index in [1.165, 1.54) is 21.8 Å². The van der Waals surface area contributed by atoms with Gasteiger partial charge in [-0.2, -0.15) is 0 Å². The van der Waals surface area contributed by atoms with Gasteiger partial charge in [0.15, 0.2) is 0 Å². The lowest BCUT2D eigenvalue weighted by atomic mass is 10.0. The van der Waals surface area contributed by atoms with Crippen LogP contribution in [0.4, 0.5) is 0 Å². The van der Waals surface area contributed by atoms with Crippen LogP contribution in [-0.2, 0) is 0 Å². The Bertz CT molecular complexity index is 1430. The molecule has 0 aliphatic heterocycles. The van der Waals surface area contributed by atoms with Crippen molar-refractivity contribution in [3.05, 3.63) is 64.7 Å². The fourth-order valence-corrected chi connectivity index (χ4v) is 4.28. The summed E-state index contributed by atoms with van der Waals surface area (Å²) in [5, 5.41) is 3.13. The van der Waals surface area contributed by atoms with Gasteiger partial charge in [0, 0.05) is 44.3 Å².